The van der Waals surface area contributed by atoms with Gasteiger partial charge in [0.2, 0.25) is 0 Å². The van der Waals surface area contributed by atoms with Crippen LogP contribution >= 0.6 is 0 Å². The molecular formula is C25H35N3O. The summed E-state index contributed by atoms with van der Waals surface area (Å²) in [6, 6.07) is 20.1. The summed E-state index contributed by atoms with van der Waals surface area (Å²) in [6.07, 6.45) is 5.16. The van der Waals surface area contributed by atoms with Crippen LogP contribution in [0.3, 0.4) is 0 Å². The molecule has 0 N–H and O–H groups in total. The van der Waals surface area contributed by atoms with Crippen molar-refractivity contribution < 1.29 is 4.74 Å². The molecule has 0 aliphatic carbocycles. The highest BCUT2D eigenvalue weighted by Gasteiger charge is 2.28. The molecule has 0 bridgehead atoms. The molecule has 2 aromatic rings. The van der Waals surface area contributed by atoms with Crippen molar-refractivity contribution >= 4 is 5.69 Å². The van der Waals surface area contributed by atoms with E-state index in [0.29, 0.717) is 0 Å². The minimum atomic E-state index is 0.735. The van der Waals surface area contributed by atoms with Crippen molar-refractivity contribution in [3.8, 4) is 5.75 Å². The number of benzene rings is 2. The first-order valence-corrected chi connectivity index (χ1v) is 11.2. The molecule has 1 atom stereocenters. The van der Waals surface area contributed by atoms with E-state index in [9.17, 15) is 0 Å². The first-order chi connectivity index (χ1) is 14.3. The monoisotopic (exact) mass is 393 g/mol. The Morgan fingerprint density at radius 3 is 2.38 bits per heavy atom. The van der Waals surface area contributed by atoms with Crippen LogP contribution in [0.1, 0.15) is 24.8 Å². The highest BCUT2D eigenvalue weighted by Crippen LogP contribution is 2.23. The van der Waals surface area contributed by atoms with Gasteiger partial charge in [-0.05, 0) is 68.6 Å². The summed E-state index contributed by atoms with van der Waals surface area (Å²) < 4.78 is 5.28. The second-order valence-corrected chi connectivity index (χ2v) is 8.41. The summed E-state index contributed by atoms with van der Waals surface area (Å²) in [5.41, 5.74) is 2.78. The number of rotatable bonds is 7. The van der Waals surface area contributed by atoms with Crippen molar-refractivity contribution in [2.45, 2.75) is 31.7 Å². The van der Waals surface area contributed by atoms with Crippen LogP contribution in [0.15, 0.2) is 54.6 Å². The number of aryl methyl sites for hydroxylation is 1. The van der Waals surface area contributed by atoms with Crippen molar-refractivity contribution in [2.24, 2.45) is 0 Å². The average Bonchev–Trinajstić information content (AvgIpc) is 2.80. The zero-order valence-corrected chi connectivity index (χ0v) is 17.8. The Morgan fingerprint density at radius 1 is 0.897 bits per heavy atom. The Hall–Kier alpha value is -2.04. The fourth-order valence-corrected chi connectivity index (χ4v) is 4.82. The minimum Gasteiger partial charge on any atom is -0.497 e. The van der Waals surface area contributed by atoms with Gasteiger partial charge in [-0.15, -0.1) is 0 Å². The van der Waals surface area contributed by atoms with Gasteiger partial charge in [0.25, 0.3) is 0 Å². The molecule has 0 spiro atoms. The molecule has 4 rings (SSSR count). The SMILES string of the molecule is COc1ccc(N2CCN([C@@H]3CCCN(CCCc4ccccc4)C3)CC2)cc1. The lowest BCUT2D eigenvalue weighted by Crippen LogP contribution is -2.55. The molecule has 0 unspecified atom stereocenters. The van der Waals surface area contributed by atoms with Crippen LogP contribution in [0, 0.1) is 0 Å². The van der Waals surface area contributed by atoms with Crippen molar-refractivity contribution in [3.05, 3.63) is 60.2 Å². The van der Waals surface area contributed by atoms with Crippen LogP contribution in [0.5, 0.6) is 5.75 Å². The Labute approximate surface area is 176 Å². The van der Waals surface area contributed by atoms with Gasteiger partial charge in [0.15, 0.2) is 0 Å². The Bertz CT molecular complexity index is 725. The lowest BCUT2D eigenvalue weighted by atomic mass is 10.0. The fourth-order valence-electron chi connectivity index (χ4n) is 4.82. The van der Waals surface area contributed by atoms with Crippen molar-refractivity contribution in [1.29, 1.82) is 0 Å². The maximum atomic E-state index is 5.28. The van der Waals surface area contributed by atoms with Crippen molar-refractivity contribution in [2.75, 3.05) is 57.8 Å². The van der Waals surface area contributed by atoms with E-state index < -0.39 is 0 Å². The molecule has 4 nitrogen and oxygen atoms in total. The van der Waals surface area contributed by atoms with E-state index in [1.165, 1.54) is 69.7 Å². The largest absolute Gasteiger partial charge is 0.497 e. The molecule has 2 fully saturated rings. The number of anilines is 1. The fraction of sp³-hybridized carbons (Fsp3) is 0.520. The third-order valence-corrected chi connectivity index (χ3v) is 6.53. The smallest absolute Gasteiger partial charge is 0.119 e. The van der Waals surface area contributed by atoms with Crippen molar-refractivity contribution in [3.63, 3.8) is 0 Å². The number of methoxy groups -OCH3 is 1. The van der Waals surface area contributed by atoms with E-state index >= 15 is 0 Å². The first-order valence-electron chi connectivity index (χ1n) is 11.2. The zero-order valence-electron chi connectivity index (χ0n) is 17.8. The van der Waals surface area contributed by atoms with Crippen LogP contribution in [-0.4, -0.2) is 68.8 Å². The highest BCUT2D eigenvalue weighted by molar-refractivity contribution is 5.49. The van der Waals surface area contributed by atoms with Gasteiger partial charge in [-0.25, -0.2) is 0 Å². The molecule has 156 valence electrons. The molecule has 2 aliphatic heterocycles. The molecule has 0 aromatic heterocycles. The third-order valence-electron chi connectivity index (χ3n) is 6.53. The van der Waals surface area contributed by atoms with Gasteiger partial charge < -0.3 is 14.5 Å². The number of piperazine rings is 1. The number of hydrogen-bond acceptors (Lipinski definition) is 4. The van der Waals surface area contributed by atoms with E-state index in [0.717, 1.165) is 24.9 Å². The average molecular weight is 394 g/mol. The van der Waals surface area contributed by atoms with Crippen LogP contribution in [0.4, 0.5) is 5.69 Å². The summed E-state index contributed by atoms with van der Waals surface area (Å²) in [5, 5.41) is 0. The molecule has 2 saturated heterocycles. The lowest BCUT2D eigenvalue weighted by Gasteiger charge is -2.44. The third kappa shape index (κ3) is 5.52. The van der Waals surface area contributed by atoms with E-state index in [4.69, 9.17) is 4.74 Å². The minimum absolute atomic E-state index is 0.735. The van der Waals surface area contributed by atoms with Crippen LogP contribution in [0.25, 0.3) is 0 Å². The Morgan fingerprint density at radius 2 is 1.66 bits per heavy atom. The van der Waals surface area contributed by atoms with Gasteiger partial charge in [0, 0.05) is 44.5 Å². The molecule has 2 heterocycles. The van der Waals surface area contributed by atoms with Crippen LogP contribution < -0.4 is 9.64 Å². The van der Waals surface area contributed by atoms with Gasteiger partial charge in [-0.3, -0.25) is 4.90 Å². The maximum Gasteiger partial charge on any atom is 0.119 e. The maximum absolute atomic E-state index is 5.28. The van der Waals surface area contributed by atoms with Gasteiger partial charge in [0.05, 0.1) is 7.11 Å². The molecule has 4 heteroatoms. The van der Waals surface area contributed by atoms with Crippen LogP contribution in [0.2, 0.25) is 0 Å². The number of piperidine rings is 1. The second-order valence-electron chi connectivity index (χ2n) is 8.41. The molecule has 0 radical (unpaired) electrons. The molecule has 0 amide bonds. The van der Waals surface area contributed by atoms with E-state index in [1.807, 2.05) is 0 Å². The van der Waals surface area contributed by atoms with Gasteiger partial charge in [0.1, 0.15) is 5.75 Å². The van der Waals surface area contributed by atoms with E-state index in [2.05, 4.69) is 69.3 Å². The molecule has 2 aliphatic rings. The molecule has 29 heavy (non-hydrogen) atoms. The second kappa shape index (κ2) is 10.1. The standard InChI is InChI=1S/C25H35N3O/c1-29-25-13-11-23(12-14-25)27-17-19-28(20-18-27)24-10-6-16-26(21-24)15-5-9-22-7-3-2-4-8-22/h2-4,7-8,11-14,24H,5-6,9-10,15-21H2,1H3/t24-/m1/s1. The quantitative estimate of drug-likeness (QED) is 0.710. The van der Waals surface area contributed by atoms with Gasteiger partial charge in [-0.1, -0.05) is 30.3 Å². The summed E-state index contributed by atoms with van der Waals surface area (Å²) in [4.78, 5) is 7.95. The summed E-state index contributed by atoms with van der Waals surface area (Å²) in [7, 11) is 1.73. The molecule has 2 aromatic carbocycles. The van der Waals surface area contributed by atoms with E-state index in [-0.39, 0.29) is 0 Å². The molecular weight excluding hydrogens is 358 g/mol. The van der Waals surface area contributed by atoms with Gasteiger partial charge >= 0.3 is 0 Å². The van der Waals surface area contributed by atoms with Gasteiger partial charge in [-0.2, -0.15) is 0 Å². The number of likely N-dealkylation sites (tertiary alicyclic amines) is 1. The van der Waals surface area contributed by atoms with Crippen molar-refractivity contribution in [1.82, 2.24) is 9.80 Å². The Balaban J connectivity index is 1.22. The Kier molecular flexibility index (Phi) is 7.07. The normalized spacial score (nSPS) is 21.3. The number of nitrogens with zero attached hydrogens (tertiary/aromatic N) is 3. The topological polar surface area (TPSA) is 19.0 Å². The zero-order chi connectivity index (χ0) is 19.9. The lowest BCUT2D eigenvalue weighted by molar-refractivity contribution is 0.0920. The summed E-state index contributed by atoms with van der Waals surface area (Å²) in [5.74, 6) is 0.932. The van der Waals surface area contributed by atoms with E-state index in [1.54, 1.807) is 7.11 Å². The number of ether oxygens (including phenoxy) is 1. The predicted octanol–water partition coefficient (Wildman–Crippen LogP) is 3.91. The van der Waals surface area contributed by atoms with Crippen LogP contribution in [-0.2, 0) is 6.42 Å². The molecule has 0 saturated carbocycles. The number of hydrogen-bond donors (Lipinski definition) is 0. The first kappa shape index (κ1) is 20.2. The summed E-state index contributed by atoms with van der Waals surface area (Å²) >= 11 is 0. The highest BCUT2D eigenvalue weighted by atomic mass is 16.5. The summed E-state index contributed by atoms with van der Waals surface area (Å²) in [6.45, 7) is 8.35. The predicted molar refractivity (Wildman–Crippen MR) is 121 cm³/mol.